The van der Waals surface area contributed by atoms with Gasteiger partial charge in [0.15, 0.2) is 17.4 Å². The van der Waals surface area contributed by atoms with Gasteiger partial charge in [-0.3, -0.25) is 4.98 Å². The number of nitrogens with zero attached hydrogens (tertiary/aromatic N) is 1. The van der Waals surface area contributed by atoms with Crippen LogP contribution in [-0.4, -0.2) is 20.0 Å². The molecule has 21 heavy (non-hydrogen) atoms. The quantitative estimate of drug-likeness (QED) is 0.909. The molecule has 0 bridgehead atoms. The lowest BCUT2D eigenvalue weighted by Gasteiger charge is -2.09. The SMILES string of the molecule is NS(=O)(=O)c1cc(F)c(OCCc2ccncc2)c(F)c1. The van der Waals surface area contributed by atoms with E-state index in [-0.39, 0.29) is 6.61 Å². The van der Waals surface area contributed by atoms with Gasteiger partial charge in [-0.15, -0.1) is 0 Å². The van der Waals surface area contributed by atoms with Crippen molar-refractivity contribution >= 4 is 10.0 Å². The monoisotopic (exact) mass is 314 g/mol. The van der Waals surface area contributed by atoms with E-state index in [2.05, 4.69) is 4.98 Å². The van der Waals surface area contributed by atoms with Gasteiger partial charge in [0.1, 0.15) is 0 Å². The smallest absolute Gasteiger partial charge is 0.238 e. The van der Waals surface area contributed by atoms with Crippen LogP contribution in [0.3, 0.4) is 0 Å². The summed E-state index contributed by atoms with van der Waals surface area (Å²) in [5, 5.41) is 4.81. The van der Waals surface area contributed by atoms with Crippen LogP contribution < -0.4 is 9.88 Å². The number of sulfonamides is 1. The van der Waals surface area contributed by atoms with Crippen LogP contribution in [0.4, 0.5) is 8.78 Å². The maximum absolute atomic E-state index is 13.7. The van der Waals surface area contributed by atoms with E-state index >= 15 is 0 Å². The summed E-state index contributed by atoms with van der Waals surface area (Å²) in [6.45, 7) is 0.0343. The second-order valence-corrected chi connectivity index (χ2v) is 5.78. The van der Waals surface area contributed by atoms with Crippen molar-refractivity contribution < 1.29 is 21.9 Å². The summed E-state index contributed by atoms with van der Waals surface area (Å²) < 4.78 is 54.5. The van der Waals surface area contributed by atoms with E-state index in [1.807, 2.05) is 0 Å². The number of halogens is 2. The Kier molecular flexibility index (Phi) is 4.49. The number of primary sulfonamides is 1. The van der Waals surface area contributed by atoms with E-state index < -0.39 is 32.3 Å². The summed E-state index contributed by atoms with van der Waals surface area (Å²) in [5.41, 5.74) is 0.895. The number of hydrogen-bond acceptors (Lipinski definition) is 4. The third-order valence-electron chi connectivity index (χ3n) is 2.69. The molecular formula is C13H12F2N2O3S. The van der Waals surface area contributed by atoms with Crippen molar-refractivity contribution in [3.05, 3.63) is 53.9 Å². The number of hydrogen-bond donors (Lipinski definition) is 1. The van der Waals surface area contributed by atoms with Gasteiger partial charge >= 0.3 is 0 Å². The molecule has 0 atom stereocenters. The normalized spacial score (nSPS) is 11.4. The summed E-state index contributed by atoms with van der Waals surface area (Å²) >= 11 is 0. The van der Waals surface area contributed by atoms with Crippen molar-refractivity contribution in [3.63, 3.8) is 0 Å². The van der Waals surface area contributed by atoms with Crippen molar-refractivity contribution in [1.29, 1.82) is 0 Å². The summed E-state index contributed by atoms with van der Waals surface area (Å²) in [6, 6.07) is 4.75. The molecule has 112 valence electrons. The number of pyridine rings is 1. The van der Waals surface area contributed by atoms with Crippen LogP contribution in [0, 0.1) is 11.6 Å². The Balaban J connectivity index is 2.11. The van der Waals surface area contributed by atoms with Gasteiger partial charge in [-0.2, -0.15) is 0 Å². The molecule has 5 nitrogen and oxygen atoms in total. The van der Waals surface area contributed by atoms with E-state index in [1.165, 1.54) is 0 Å². The summed E-state index contributed by atoms with van der Waals surface area (Å²) in [6.07, 6.45) is 3.62. The molecule has 1 heterocycles. The molecule has 0 amide bonds. The number of ether oxygens (including phenoxy) is 1. The van der Waals surface area contributed by atoms with Gasteiger partial charge in [0.25, 0.3) is 0 Å². The molecule has 0 aliphatic carbocycles. The zero-order valence-electron chi connectivity index (χ0n) is 10.8. The number of rotatable bonds is 5. The molecule has 2 rings (SSSR count). The van der Waals surface area contributed by atoms with Gasteiger partial charge in [-0.05, 0) is 29.8 Å². The Morgan fingerprint density at radius 1 is 1.14 bits per heavy atom. The van der Waals surface area contributed by atoms with Crippen molar-refractivity contribution in [2.45, 2.75) is 11.3 Å². The minimum absolute atomic E-state index is 0.0343. The van der Waals surface area contributed by atoms with Gasteiger partial charge in [-0.1, -0.05) is 0 Å². The Morgan fingerprint density at radius 2 is 1.71 bits per heavy atom. The van der Waals surface area contributed by atoms with Crippen molar-refractivity contribution in [2.24, 2.45) is 5.14 Å². The van der Waals surface area contributed by atoms with Crippen LogP contribution in [0.25, 0.3) is 0 Å². The number of aromatic nitrogens is 1. The average molecular weight is 314 g/mol. The molecule has 0 spiro atoms. The van der Waals surface area contributed by atoms with Crippen molar-refractivity contribution in [1.82, 2.24) is 4.98 Å². The standard InChI is InChI=1S/C13H12F2N2O3S/c14-11-7-10(21(16,18)19)8-12(15)13(11)20-6-3-9-1-4-17-5-2-9/h1-2,4-5,7-8H,3,6H2,(H2,16,18,19). The van der Waals surface area contributed by atoms with Gasteiger partial charge in [-0.25, -0.2) is 22.3 Å². The molecule has 0 radical (unpaired) electrons. The lowest BCUT2D eigenvalue weighted by molar-refractivity contribution is 0.287. The predicted octanol–water partition coefficient (Wildman–Crippen LogP) is 1.63. The highest BCUT2D eigenvalue weighted by molar-refractivity contribution is 7.89. The highest BCUT2D eigenvalue weighted by Gasteiger charge is 2.17. The van der Waals surface area contributed by atoms with E-state index in [0.29, 0.717) is 18.6 Å². The van der Waals surface area contributed by atoms with Gasteiger partial charge in [0, 0.05) is 18.8 Å². The van der Waals surface area contributed by atoms with E-state index in [1.54, 1.807) is 24.5 Å². The predicted molar refractivity (Wildman–Crippen MR) is 71.2 cm³/mol. The third kappa shape index (κ3) is 3.96. The van der Waals surface area contributed by atoms with Crippen LogP contribution in [0.15, 0.2) is 41.6 Å². The Hall–Kier alpha value is -2.06. The maximum Gasteiger partial charge on any atom is 0.238 e. The molecule has 0 aliphatic heterocycles. The average Bonchev–Trinajstić information content (AvgIpc) is 2.42. The second-order valence-electron chi connectivity index (χ2n) is 4.21. The van der Waals surface area contributed by atoms with E-state index in [4.69, 9.17) is 9.88 Å². The Labute approximate surface area is 120 Å². The fourth-order valence-electron chi connectivity index (χ4n) is 1.66. The molecule has 2 N–H and O–H groups in total. The zero-order valence-corrected chi connectivity index (χ0v) is 11.6. The summed E-state index contributed by atoms with van der Waals surface area (Å²) in [7, 11) is -4.17. The van der Waals surface area contributed by atoms with Crippen LogP contribution >= 0.6 is 0 Å². The first kappa shape index (κ1) is 15.3. The van der Waals surface area contributed by atoms with E-state index in [9.17, 15) is 17.2 Å². The molecule has 8 heteroatoms. The van der Waals surface area contributed by atoms with Crippen LogP contribution in [-0.2, 0) is 16.4 Å². The molecule has 0 aliphatic rings. The lowest BCUT2D eigenvalue weighted by atomic mass is 10.2. The molecule has 1 aromatic carbocycles. The first-order chi connectivity index (χ1) is 9.88. The maximum atomic E-state index is 13.7. The second kappa shape index (κ2) is 6.15. The molecule has 0 fully saturated rings. The molecule has 0 unspecified atom stereocenters. The summed E-state index contributed by atoms with van der Waals surface area (Å²) in [4.78, 5) is 3.20. The van der Waals surface area contributed by atoms with Crippen LogP contribution in [0.5, 0.6) is 5.75 Å². The highest BCUT2D eigenvalue weighted by atomic mass is 32.2. The fraction of sp³-hybridized carbons (Fsp3) is 0.154. The minimum Gasteiger partial charge on any atom is -0.487 e. The highest BCUT2D eigenvalue weighted by Crippen LogP contribution is 2.25. The molecule has 0 saturated heterocycles. The summed E-state index contributed by atoms with van der Waals surface area (Å²) in [5.74, 6) is -2.86. The minimum atomic E-state index is -4.17. The largest absolute Gasteiger partial charge is 0.487 e. The lowest BCUT2D eigenvalue weighted by Crippen LogP contribution is -2.13. The number of nitrogens with two attached hydrogens (primary N) is 1. The molecule has 2 aromatic rings. The molecule has 1 aromatic heterocycles. The van der Waals surface area contributed by atoms with E-state index in [0.717, 1.165) is 5.56 Å². The Bertz CT molecular complexity index is 713. The number of benzene rings is 1. The zero-order chi connectivity index (χ0) is 15.5. The van der Waals surface area contributed by atoms with Gasteiger partial charge < -0.3 is 4.74 Å². The topological polar surface area (TPSA) is 82.3 Å². The first-order valence-corrected chi connectivity index (χ1v) is 7.46. The first-order valence-electron chi connectivity index (χ1n) is 5.91. The van der Waals surface area contributed by atoms with Crippen molar-refractivity contribution in [3.8, 4) is 5.75 Å². The third-order valence-corrected chi connectivity index (χ3v) is 3.58. The molecule has 0 saturated carbocycles. The van der Waals surface area contributed by atoms with Gasteiger partial charge in [0.2, 0.25) is 10.0 Å². The van der Waals surface area contributed by atoms with Crippen molar-refractivity contribution in [2.75, 3.05) is 6.61 Å². The van der Waals surface area contributed by atoms with Crippen LogP contribution in [0.2, 0.25) is 0 Å². The Morgan fingerprint density at radius 3 is 2.24 bits per heavy atom. The fourth-order valence-corrected chi connectivity index (χ4v) is 2.19. The molecular weight excluding hydrogens is 302 g/mol. The van der Waals surface area contributed by atoms with Crippen LogP contribution in [0.1, 0.15) is 5.56 Å². The van der Waals surface area contributed by atoms with Gasteiger partial charge in [0.05, 0.1) is 11.5 Å².